The number of hydrogen-bond donors (Lipinski definition) is 2. The van der Waals surface area contributed by atoms with E-state index in [1.54, 1.807) is 11.8 Å². The van der Waals surface area contributed by atoms with E-state index in [9.17, 15) is 10.2 Å². The fraction of sp³-hybridized carbons (Fsp3) is 1.00. The molecular weight excluding hydrogens is 336 g/mol. The molecule has 4 atom stereocenters. The monoisotopic (exact) mass is 358 g/mol. The molecule has 0 bridgehead atoms. The van der Waals surface area contributed by atoms with Crippen molar-refractivity contribution in [2.45, 2.75) is 22.7 Å². The molecule has 0 radical (unpaired) electrons. The summed E-state index contributed by atoms with van der Waals surface area (Å²) in [5.74, 6) is 8.18. The first-order chi connectivity index (χ1) is 9.24. The number of aliphatic hydroxyl groups excluding tert-OH is 2. The second-order valence-electron chi connectivity index (χ2n) is 4.83. The Morgan fingerprint density at radius 3 is 1.53 bits per heavy atom. The van der Waals surface area contributed by atoms with Gasteiger partial charge in [-0.2, -0.15) is 58.8 Å². The van der Waals surface area contributed by atoms with Gasteiger partial charge < -0.3 is 10.2 Å². The maximum absolute atomic E-state index is 9.81. The summed E-state index contributed by atoms with van der Waals surface area (Å²) in [7, 11) is 0. The van der Waals surface area contributed by atoms with Crippen LogP contribution in [0.3, 0.4) is 0 Å². The Bertz CT molecular complexity index is 224. The zero-order chi connectivity index (χ0) is 13.5. The standard InChI is InChI=1S/C12H22O2S5/c13-9(3-16-5-11-7-18-11)1-15-2-10(14)4-17-6-12-8-19-12/h9-14H,1-8H2. The molecule has 19 heavy (non-hydrogen) atoms. The third-order valence-electron chi connectivity index (χ3n) is 2.65. The summed E-state index contributed by atoms with van der Waals surface area (Å²) in [5.41, 5.74) is 0. The normalized spacial score (nSPS) is 28.1. The van der Waals surface area contributed by atoms with E-state index >= 15 is 0 Å². The Morgan fingerprint density at radius 1 is 0.789 bits per heavy atom. The van der Waals surface area contributed by atoms with Gasteiger partial charge in [0.15, 0.2) is 0 Å². The van der Waals surface area contributed by atoms with Gasteiger partial charge in [0.2, 0.25) is 0 Å². The third-order valence-corrected chi connectivity index (χ3v) is 8.78. The average molecular weight is 359 g/mol. The van der Waals surface area contributed by atoms with Crippen LogP contribution in [-0.4, -0.2) is 78.9 Å². The van der Waals surface area contributed by atoms with Gasteiger partial charge in [0.05, 0.1) is 12.2 Å². The maximum atomic E-state index is 9.81. The molecule has 2 rings (SSSR count). The first kappa shape index (κ1) is 17.0. The molecule has 2 nitrogen and oxygen atoms in total. The fourth-order valence-electron chi connectivity index (χ4n) is 1.44. The summed E-state index contributed by atoms with van der Waals surface area (Å²) in [4.78, 5) is 0. The Kier molecular flexibility index (Phi) is 8.64. The lowest BCUT2D eigenvalue weighted by molar-refractivity contribution is 0.220. The van der Waals surface area contributed by atoms with E-state index in [1.165, 1.54) is 23.0 Å². The summed E-state index contributed by atoms with van der Waals surface area (Å²) in [6.07, 6.45) is -0.442. The van der Waals surface area contributed by atoms with Gasteiger partial charge >= 0.3 is 0 Å². The lowest BCUT2D eigenvalue weighted by Crippen LogP contribution is -2.18. The zero-order valence-electron chi connectivity index (χ0n) is 10.9. The van der Waals surface area contributed by atoms with Crippen LogP contribution in [0.4, 0.5) is 0 Å². The molecule has 2 saturated heterocycles. The van der Waals surface area contributed by atoms with Crippen molar-refractivity contribution >= 4 is 58.8 Å². The van der Waals surface area contributed by atoms with Crippen molar-refractivity contribution in [3.8, 4) is 0 Å². The van der Waals surface area contributed by atoms with Crippen LogP contribution in [0.15, 0.2) is 0 Å². The third kappa shape index (κ3) is 9.32. The van der Waals surface area contributed by atoms with Crippen molar-refractivity contribution in [1.29, 1.82) is 0 Å². The van der Waals surface area contributed by atoms with Gasteiger partial charge in [0.1, 0.15) is 0 Å². The molecule has 0 saturated carbocycles. The zero-order valence-corrected chi connectivity index (χ0v) is 15.0. The molecule has 2 aliphatic heterocycles. The molecule has 0 amide bonds. The van der Waals surface area contributed by atoms with Crippen LogP contribution < -0.4 is 0 Å². The van der Waals surface area contributed by atoms with Crippen LogP contribution in [0.25, 0.3) is 0 Å². The SMILES string of the molecule is OC(CSCC(O)CSCC1CS1)CSCC1CS1. The maximum Gasteiger partial charge on any atom is 0.0720 e. The van der Waals surface area contributed by atoms with Gasteiger partial charge in [0.25, 0.3) is 0 Å². The molecule has 0 aliphatic carbocycles. The average Bonchev–Trinajstić information content (AvgIpc) is 3.24. The number of rotatable bonds is 12. The highest BCUT2D eigenvalue weighted by molar-refractivity contribution is 8.09. The molecule has 0 aromatic carbocycles. The lowest BCUT2D eigenvalue weighted by atomic mass is 10.5. The van der Waals surface area contributed by atoms with Gasteiger partial charge in [-0.1, -0.05) is 0 Å². The minimum atomic E-state index is -0.221. The van der Waals surface area contributed by atoms with Crippen molar-refractivity contribution in [1.82, 2.24) is 0 Å². The number of thioether (sulfide) groups is 5. The van der Waals surface area contributed by atoms with E-state index in [0.29, 0.717) is 0 Å². The van der Waals surface area contributed by atoms with E-state index < -0.39 is 0 Å². The summed E-state index contributed by atoms with van der Waals surface area (Å²) in [6.45, 7) is 0. The quantitative estimate of drug-likeness (QED) is 0.518. The predicted molar refractivity (Wildman–Crippen MR) is 96.5 cm³/mol. The smallest absolute Gasteiger partial charge is 0.0720 e. The van der Waals surface area contributed by atoms with E-state index in [2.05, 4.69) is 0 Å². The highest BCUT2D eigenvalue weighted by atomic mass is 32.2. The number of aliphatic hydroxyl groups is 2. The van der Waals surface area contributed by atoms with Crippen molar-refractivity contribution in [3.63, 3.8) is 0 Å². The second-order valence-corrected chi connectivity index (χ2v) is 10.7. The molecule has 2 heterocycles. The van der Waals surface area contributed by atoms with Crippen LogP contribution in [0, 0.1) is 0 Å². The van der Waals surface area contributed by atoms with Crippen LogP contribution in [0.5, 0.6) is 0 Å². The Morgan fingerprint density at radius 2 is 1.16 bits per heavy atom. The highest BCUT2D eigenvalue weighted by Crippen LogP contribution is 2.33. The van der Waals surface area contributed by atoms with Gasteiger partial charge in [-0.15, -0.1) is 0 Å². The van der Waals surface area contributed by atoms with Gasteiger partial charge in [-0.25, -0.2) is 0 Å². The fourth-order valence-corrected chi connectivity index (χ4v) is 6.62. The Balaban J connectivity index is 1.36. The van der Waals surface area contributed by atoms with Gasteiger partial charge in [0, 0.05) is 56.5 Å². The second kappa shape index (κ2) is 9.64. The van der Waals surface area contributed by atoms with Crippen LogP contribution >= 0.6 is 58.8 Å². The van der Waals surface area contributed by atoms with E-state index in [4.69, 9.17) is 0 Å². The topological polar surface area (TPSA) is 40.5 Å². The highest BCUT2D eigenvalue weighted by Gasteiger charge is 2.23. The largest absolute Gasteiger partial charge is 0.391 e. The molecule has 2 N–H and O–H groups in total. The number of hydrogen-bond acceptors (Lipinski definition) is 7. The molecule has 0 aromatic heterocycles. The van der Waals surface area contributed by atoms with Crippen molar-refractivity contribution in [2.75, 3.05) is 46.0 Å². The molecule has 4 unspecified atom stereocenters. The molecule has 2 aliphatic rings. The van der Waals surface area contributed by atoms with E-state index in [1.807, 2.05) is 47.0 Å². The Hall–Kier alpha value is 1.67. The first-order valence-electron chi connectivity index (χ1n) is 6.56. The Labute approximate surface area is 137 Å². The lowest BCUT2D eigenvalue weighted by Gasteiger charge is -2.12. The minimum absolute atomic E-state index is 0.221. The van der Waals surface area contributed by atoms with Crippen LogP contribution in [0.2, 0.25) is 0 Å². The molecular formula is C12H22O2S5. The summed E-state index contributed by atoms with van der Waals surface area (Å²) >= 11 is 9.43. The molecule has 0 aromatic rings. The molecule has 7 heteroatoms. The van der Waals surface area contributed by atoms with Gasteiger partial charge in [-0.05, 0) is 0 Å². The summed E-state index contributed by atoms with van der Waals surface area (Å²) in [6, 6.07) is 0. The van der Waals surface area contributed by atoms with E-state index in [-0.39, 0.29) is 12.2 Å². The van der Waals surface area contributed by atoms with Gasteiger partial charge in [-0.3, -0.25) is 0 Å². The van der Waals surface area contributed by atoms with E-state index in [0.717, 1.165) is 33.5 Å². The summed E-state index contributed by atoms with van der Waals surface area (Å²) in [5, 5.41) is 21.3. The predicted octanol–water partition coefficient (Wildman–Crippen LogP) is 2.14. The van der Waals surface area contributed by atoms with Crippen molar-refractivity contribution in [2.24, 2.45) is 0 Å². The molecule has 112 valence electrons. The minimum Gasteiger partial charge on any atom is -0.391 e. The van der Waals surface area contributed by atoms with Crippen molar-refractivity contribution in [3.05, 3.63) is 0 Å². The molecule has 2 fully saturated rings. The molecule has 0 spiro atoms. The first-order valence-corrected chi connectivity index (χ1v) is 12.1. The van der Waals surface area contributed by atoms with Crippen LogP contribution in [-0.2, 0) is 0 Å². The van der Waals surface area contributed by atoms with Crippen LogP contribution in [0.1, 0.15) is 0 Å². The summed E-state index contributed by atoms with van der Waals surface area (Å²) < 4.78 is 0. The van der Waals surface area contributed by atoms with Crippen molar-refractivity contribution < 1.29 is 10.2 Å².